The summed E-state index contributed by atoms with van der Waals surface area (Å²) >= 11 is 6.20. The number of halogens is 1. The van der Waals surface area contributed by atoms with Gasteiger partial charge in [0, 0.05) is 11.1 Å². The Kier molecular flexibility index (Phi) is 5.65. The van der Waals surface area contributed by atoms with Gasteiger partial charge in [-0.3, -0.25) is 24.5 Å². The van der Waals surface area contributed by atoms with Crippen molar-refractivity contribution < 1.29 is 34.5 Å². The molecule has 0 radical (unpaired) electrons. The number of hydrogen-bond acceptors (Lipinski definition) is 6. The third-order valence-electron chi connectivity index (χ3n) is 6.75. The zero-order valence-electron chi connectivity index (χ0n) is 18.6. The molecule has 4 rings (SSSR count). The summed E-state index contributed by atoms with van der Waals surface area (Å²) in [6, 6.07) is 6.84. The number of nitrogens with one attached hydrogen (secondary N) is 1. The van der Waals surface area contributed by atoms with Crippen LogP contribution in [0.2, 0.25) is 5.02 Å². The van der Waals surface area contributed by atoms with Crippen molar-refractivity contribution in [2.24, 2.45) is 11.8 Å². The van der Waals surface area contributed by atoms with Crippen LogP contribution in [0, 0.1) is 32.6 Å². The number of nitrogens with zero attached hydrogens (tertiary/aromatic N) is 1. The fourth-order valence-electron chi connectivity index (χ4n) is 5.11. The zero-order valence-corrected chi connectivity index (χ0v) is 19.4. The first-order chi connectivity index (χ1) is 15.9. The number of aliphatic carboxylic acids is 2. The Morgan fingerprint density at radius 2 is 1.65 bits per heavy atom. The van der Waals surface area contributed by atoms with E-state index in [9.17, 15) is 34.5 Å². The average Bonchev–Trinajstić information content (AvgIpc) is 3.22. The van der Waals surface area contributed by atoms with Crippen molar-refractivity contribution >= 4 is 41.0 Å². The Labute approximate surface area is 199 Å². The number of aryl methyl sites for hydroxylation is 3. The smallest absolute Gasteiger partial charge is 0.325 e. The van der Waals surface area contributed by atoms with E-state index in [4.69, 9.17) is 11.6 Å². The number of carboxylic acids is 2. The summed E-state index contributed by atoms with van der Waals surface area (Å²) in [5, 5.41) is 33.0. The number of phenolic OH excluding ortho intramolecular Hbond substituents is 1. The Morgan fingerprint density at radius 1 is 1.03 bits per heavy atom. The molecular formula is C24H23ClN2O7. The summed E-state index contributed by atoms with van der Waals surface area (Å²) in [4.78, 5) is 52.3. The minimum atomic E-state index is -2.21. The predicted octanol–water partition coefficient (Wildman–Crippen LogP) is 2.72. The summed E-state index contributed by atoms with van der Waals surface area (Å²) in [6.45, 7) is 5.07. The van der Waals surface area contributed by atoms with Crippen LogP contribution < -0.4 is 10.2 Å². The molecule has 4 N–H and O–H groups in total. The van der Waals surface area contributed by atoms with Crippen LogP contribution in [0.1, 0.15) is 34.7 Å². The Hall–Kier alpha value is -3.43. The van der Waals surface area contributed by atoms with Crippen LogP contribution in [0.5, 0.6) is 5.75 Å². The molecule has 0 aliphatic carbocycles. The number of amides is 2. The van der Waals surface area contributed by atoms with Gasteiger partial charge >= 0.3 is 11.9 Å². The Morgan fingerprint density at radius 3 is 2.18 bits per heavy atom. The third-order valence-corrected chi connectivity index (χ3v) is 7.16. The number of aromatic hydroxyl groups is 1. The maximum atomic E-state index is 13.6. The van der Waals surface area contributed by atoms with Crippen molar-refractivity contribution in [1.82, 2.24) is 5.32 Å². The van der Waals surface area contributed by atoms with Crippen LogP contribution in [0.3, 0.4) is 0 Å². The maximum Gasteiger partial charge on any atom is 0.325 e. The fourth-order valence-corrected chi connectivity index (χ4v) is 5.28. The van der Waals surface area contributed by atoms with Gasteiger partial charge in [0.2, 0.25) is 11.8 Å². The van der Waals surface area contributed by atoms with Gasteiger partial charge in [0.05, 0.1) is 23.9 Å². The fraction of sp³-hybridized carbons (Fsp3) is 0.333. The topological polar surface area (TPSA) is 144 Å². The van der Waals surface area contributed by atoms with Crippen LogP contribution in [0.15, 0.2) is 30.3 Å². The second-order valence-corrected chi connectivity index (χ2v) is 9.33. The SMILES string of the molecule is Cc1ccc(N2C(=O)C3C(c4cc(C)c(O)c(C)c4)NC(CC(=O)O)(C(=O)O)C3C2=O)cc1Cl. The number of carboxylic acid groups (broad SMARTS) is 2. The number of benzene rings is 2. The van der Waals surface area contributed by atoms with Crippen molar-refractivity contribution in [3.05, 3.63) is 57.6 Å². The molecule has 2 fully saturated rings. The van der Waals surface area contributed by atoms with E-state index in [0.29, 0.717) is 21.7 Å². The van der Waals surface area contributed by atoms with E-state index in [2.05, 4.69) is 5.32 Å². The van der Waals surface area contributed by atoms with Crippen molar-refractivity contribution in [1.29, 1.82) is 0 Å². The molecule has 0 bridgehead atoms. The van der Waals surface area contributed by atoms with Gasteiger partial charge in [-0.2, -0.15) is 0 Å². The molecule has 2 aliphatic rings. The van der Waals surface area contributed by atoms with Gasteiger partial charge in [0.1, 0.15) is 11.3 Å². The monoisotopic (exact) mass is 486 g/mol. The number of anilines is 1. The van der Waals surface area contributed by atoms with E-state index in [0.717, 1.165) is 10.5 Å². The summed E-state index contributed by atoms with van der Waals surface area (Å²) in [6.07, 6.45) is -0.905. The number of imide groups is 1. The normalized spacial score (nSPS) is 26.1. The highest BCUT2D eigenvalue weighted by Crippen LogP contribution is 2.51. The van der Waals surface area contributed by atoms with Crippen molar-refractivity contribution in [3.8, 4) is 5.75 Å². The van der Waals surface area contributed by atoms with E-state index in [1.54, 1.807) is 39.0 Å². The van der Waals surface area contributed by atoms with Crippen LogP contribution in [0.4, 0.5) is 5.69 Å². The highest BCUT2D eigenvalue weighted by atomic mass is 35.5. The Balaban J connectivity index is 1.91. The predicted molar refractivity (Wildman–Crippen MR) is 122 cm³/mol. The molecular weight excluding hydrogens is 464 g/mol. The lowest BCUT2D eigenvalue weighted by Crippen LogP contribution is -2.57. The largest absolute Gasteiger partial charge is 0.507 e. The third kappa shape index (κ3) is 3.43. The van der Waals surface area contributed by atoms with Gasteiger partial charge in [0.15, 0.2) is 0 Å². The molecule has 34 heavy (non-hydrogen) atoms. The van der Waals surface area contributed by atoms with E-state index < -0.39 is 53.6 Å². The molecule has 0 spiro atoms. The molecule has 9 nitrogen and oxygen atoms in total. The van der Waals surface area contributed by atoms with Gasteiger partial charge in [-0.1, -0.05) is 29.8 Å². The maximum absolute atomic E-state index is 13.6. The lowest BCUT2D eigenvalue weighted by atomic mass is 9.77. The Bertz CT molecular complexity index is 1240. The van der Waals surface area contributed by atoms with E-state index in [1.807, 2.05) is 0 Å². The van der Waals surface area contributed by atoms with E-state index in [-0.39, 0.29) is 11.4 Å². The summed E-state index contributed by atoms with van der Waals surface area (Å²) in [7, 11) is 0. The molecule has 0 aromatic heterocycles. The molecule has 10 heteroatoms. The molecule has 2 aromatic rings. The number of carbonyl (C=O) groups is 4. The van der Waals surface area contributed by atoms with Crippen LogP contribution in [-0.4, -0.2) is 44.6 Å². The molecule has 4 atom stereocenters. The number of phenols is 1. The lowest BCUT2D eigenvalue weighted by molar-refractivity contribution is -0.154. The first-order valence-electron chi connectivity index (χ1n) is 10.6. The lowest BCUT2D eigenvalue weighted by Gasteiger charge is -2.30. The molecule has 2 amide bonds. The first kappa shape index (κ1) is 23.7. The molecule has 0 saturated carbocycles. The minimum absolute atomic E-state index is 0.0538. The standard InChI is InChI=1S/C24H23ClN2O7/c1-10-4-5-14(8-15(10)25)27-21(31)17-18(22(27)32)24(23(33)34,9-16(28)29)26-19(17)13-6-11(2)20(30)12(3)7-13/h4-8,17-19,26,30H,9H2,1-3H3,(H,28,29)(H,33,34). The number of fused-ring (bicyclic) bond motifs is 1. The van der Waals surface area contributed by atoms with Crippen molar-refractivity contribution in [2.45, 2.75) is 38.8 Å². The molecule has 2 heterocycles. The number of rotatable bonds is 5. The second-order valence-electron chi connectivity index (χ2n) is 8.92. The second kappa shape index (κ2) is 8.11. The number of carbonyl (C=O) groups excluding carboxylic acids is 2. The summed E-state index contributed by atoms with van der Waals surface area (Å²) in [5.41, 5.74) is 0.172. The molecule has 4 unspecified atom stereocenters. The molecule has 2 aliphatic heterocycles. The minimum Gasteiger partial charge on any atom is -0.507 e. The van der Waals surface area contributed by atoms with E-state index in [1.165, 1.54) is 12.1 Å². The van der Waals surface area contributed by atoms with Gasteiger partial charge in [-0.15, -0.1) is 0 Å². The van der Waals surface area contributed by atoms with Crippen LogP contribution in [-0.2, 0) is 19.2 Å². The molecule has 2 saturated heterocycles. The highest BCUT2D eigenvalue weighted by molar-refractivity contribution is 6.32. The zero-order chi connectivity index (χ0) is 25.1. The first-order valence-corrected chi connectivity index (χ1v) is 10.9. The average molecular weight is 487 g/mol. The highest BCUT2D eigenvalue weighted by Gasteiger charge is 2.69. The summed E-state index contributed by atoms with van der Waals surface area (Å²) in [5.74, 6) is -7.00. The van der Waals surface area contributed by atoms with E-state index >= 15 is 0 Å². The summed E-state index contributed by atoms with van der Waals surface area (Å²) < 4.78 is 0. The van der Waals surface area contributed by atoms with Gasteiger partial charge in [-0.25, -0.2) is 4.90 Å². The molecule has 178 valence electrons. The van der Waals surface area contributed by atoms with Gasteiger partial charge in [0.25, 0.3) is 0 Å². The quantitative estimate of drug-likeness (QED) is 0.472. The van der Waals surface area contributed by atoms with Crippen molar-refractivity contribution in [3.63, 3.8) is 0 Å². The van der Waals surface area contributed by atoms with Crippen LogP contribution in [0.25, 0.3) is 0 Å². The van der Waals surface area contributed by atoms with Gasteiger partial charge in [-0.05, 0) is 55.2 Å². The van der Waals surface area contributed by atoms with Crippen molar-refractivity contribution in [2.75, 3.05) is 4.90 Å². The van der Waals surface area contributed by atoms with Crippen LogP contribution >= 0.6 is 11.6 Å². The number of hydrogen-bond donors (Lipinski definition) is 4. The van der Waals surface area contributed by atoms with Gasteiger partial charge < -0.3 is 15.3 Å². The molecule has 2 aromatic carbocycles.